The molecule has 2 heterocycles. The quantitative estimate of drug-likeness (QED) is 0.548. The number of hydrogen-bond acceptors (Lipinski definition) is 5. The smallest absolute Gasteiger partial charge is 0.321 e. The van der Waals surface area contributed by atoms with Crippen LogP contribution < -0.4 is 4.74 Å². The predicted octanol–water partition coefficient (Wildman–Crippen LogP) is 5.56. The maximum absolute atomic E-state index is 11.9. The Labute approximate surface area is 195 Å². The summed E-state index contributed by atoms with van der Waals surface area (Å²) in [5, 5.41) is 9.74. The van der Waals surface area contributed by atoms with Crippen molar-refractivity contribution in [2.45, 2.75) is 72.6 Å². The summed E-state index contributed by atoms with van der Waals surface area (Å²) < 4.78 is 12.1. The van der Waals surface area contributed by atoms with E-state index in [2.05, 4.69) is 51.4 Å². The molecule has 0 unspecified atom stereocenters. The molecule has 2 aromatic carbocycles. The van der Waals surface area contributed by atoms with Crippen molar-refractivity contribution in [2.24, 2.45) is 5.41 Å². The fourth-order valence-electron chi connectivity index (χ4n) is 4.27. The van der Waals surface area contributed by atoms with Crippen molar-refractivity contribution in [2.75, 3.05) is 6.54 Å². The standard InChI is InChI=1S/C27H34N2O4/c1-26(2,3)16-29-14-19-12-20(9-8-18(19)13-22(29)24(30)31)32-15-17-7-10-21-23(11-17)33-25(28-21)27(4,5)6/h7-12,22H,13-16H2,1-6H3,(H,30,31)/t22-/m0/s1. The Morgan fingerprint density at radius 1 is 1.12 bits per heavy atom. The first-order valence-electron chi connectivity index (χ1n) is 11.5. The third kappa shape index (κ3) is 5.38. The Balaban J connectivity index is 1.49. The molecule has 6 heteroatoms. The molecule has 0 bridgehead atoms. The first-order chi connectivity index (χ1) is 15.4. The van der Waals surface area contributed by atoms with Gasteiger partial charge in [-0.05, 0) is 52.8 Å². The highest BCUT2D eigenvalue weighted by molar-refractivity contribution is 5.75. The zero-order valence-corrected chi connectivity index (χ0v) is 20.4. The molecule has 0 saturated carbocycles. The van der Waals surface area contributed by atoms with E-state index in [1.54, 1.807) is 0 Å². The minimum absolute atomic E-state index is 0.0194. The van der Waals surface area contributed by atoms with Crippen molar-refractivity contribution in [1.82, 2.24) is 9.88 Å². The number of fused-ring (bicyclic) bond motifs is 2. The summed E-state index contributed by atoms with van der Waals surface area (Å²) in [6.45, 7) is 14.4. The number of hydrogen-bond donors (Lipinski definition) is 1. The van der Waals surface area contributed by atoms with E-state index in [-0.39, 0.29) is 10.8 Å². The van der Waals surface area contributed by atoms with E-state index in [0.29, 0.717) is 19.6 Å². The van der Waals surface area contributed by atoms with Crippen molar-refractivity contribution in [3.05, 3.63) is 59.0 Å². The number of aliphatic carboxylic acids is 1. The van der Waals surface area contributed by atoms with Crippen LogP contribution in [-0.2, 0) is 29.8 Å². The van der Waals surface area contributed by atoms with Crippen LogP contribution in [0.1, 0.15) is 64.1 Å². The number of carboxylic acid groups (broad SMARTS) is 1. The summed E-state index contributed by atoms with van der Waals surface area (Å²) in [7, 11) is 0. The van der Waals surface area contributed by atoms with Gasteiger partial charge in [0.2, 0.25) is 5.89 Å². The molecule has 0 spiro atoms. The van der Waals surface area contributed by atoms with Crippen molar-refractivity contribution >= 4 is 17.1 Å². The lowest BCUT2D eigenvalue weighted by molar-refractivity contribution is -0.144. The second-order valence-corrected chi connectivity index (χ2v) is 11.3. The maximum atomic E-state index is 11.9. The molecule has 0 amide bonds. The zero-order chi connectivity index (χ0) is 24.0. The second kappa shape index (κ2) is 8.49. The highest BCUT2D eigenvalue weighted by Crippen LogP contribution is 2.31. The molecule has 1 aliphatic rings. The van der Waals surface area contributed by atoms with Gasteiger partial charge < -0.3 is 14.3 Å². The lowest BCUT2D eigenvalue weighted by atomic mass is 9.89. The predicted molar refractivity (Wildman–Crippen MR) is 128 cm³/mol. The molecule has 0 fully saturated rings. The van der Waals surface area contributed by atoms with Crippen LogP contribution in [0.5, 0.6) is 5.75 Å². The van der Waals surface area contributed by atoms with Crippen molar-refractivity contribution < 1.29 is 19.1 Å². The summed E-state index contributed by atoms with van der Waals surface area (Å²) in [5.74, 6) is 0.749. The molecule has 176 valence electrons. The number of nitrogens with zero attached hydrogens (tertiary/aromatic N) is 2. The van der Waals surface area contributed by atoms with Crippen LogP contribution in [-0.4, -0.2) is 33.5 Å². The summed E-state index contributed by atoms with van der Waals surface area (Å²) in [6.07, 6.45) is 0.513. The van der Waals surface area contributed by atoms with E-state index in [9.17, 15) is 9.90 Å². The van der Waals surface area contributed by atoms with E-state index in [4.69, 9.17) is 9.15 Å². The van der Waals surface area contributed by atoms with E-state index in [0.717, 1.165) is 46.0 Å². The SMILES string of the molecule is CC(C)(C)CN1Cc2cc(OCc3ccc4nc(C(C)(C)C)oc4c3)ccc2C[C@H]1C(=O)O. The van der Waals surface area contributed by atoms with Gasteiger partial charge in [-0.25, -0.2) is 4.98 Å². The van der Waals surface area contributed by atoms with Gasteiger partial charge in [0.1, 0.15) is 23.9 Å². The van der Waals surface area contributed by atoms with Crippen LogP contribution in [0.15, 0.2) is 40.8 Å². The lowest BCUT2D eigenvalue weighted by Gasteiger charge is -2.38. The fraction of sp³-hybridized carbons (Fsp3) is 0.481. The van der Waals surface area contributed by atoms with Crippen LogP contribution in [0.4, 0.5) is 0 Å². The molecule has 1 atom stereocenters. The third-order valence-corrected chi connectivity index (χ3v) is 5.87. The van der Waals surface area contributed by atoms with Crippen LogP contribution in [0.25, 0.3) is 11.1 Å². The number of benzene rings is 2. The van der Waals surface area contributed by atoms with Crippen LogP contribution >= 0.6 is 0 Å². The minimum atomic E-state index is -0.761. The lowest BCUT2D eigenvalue weighted by Crippen LogP contribution is -2.48. The Hall–Kier alpha value is -2.86. The molecule has 1 aromatic heterocycles. The second-order valence-electron chi connectivity index (χ2n) is 11.3. The summed E-state index contributed by atoms with van der Waals surface area (Å²) in [6, 6.07) is 11.5. The highest BCUT2D eigenvalue weighted by Gasteiger charge is 2.33. The van der Waals surface area contributed by atoms with Crippen molar-refractivity contribution in [1.29, 1.82) is 0 Å². The summed E-state index contributed by atoms with van der Waals surface area (Å²) >= 11 is 0. The van der Waals surface area contributed by atoms with Gasteiger partial charge in [0, 0.05) is 18.5 Å². The molecule has 4 rings (SSSR count). The van der Waals surface area contributed by atoms with Crippen LogP contribution in [0.2, 0.25) is 0 Å². The van der Waals surface area contributed by atoms with E-state index in [1.807, 2.05) is 36.4 Å². The Kier molecular flexibility index (Phi) is 5.99. The van der Waals surface area contributed by atoms with Gasteiger partial charge in [-0.1, -0.05) is 53.7 Å². The van der Waals surface area contributed by atoms with Gasteiger partial charge in [0.25, 0.3) is 0 Å². The van der Waals surface area contributed by atoms with Crippen molar-refractivity contribution in [3.8, 4) is 5.75 Å². The topological polar surface area (TPSA) is 75.8 Å². The number of rotatable bonds is 5. The van der Waals surface area contributed by atoms with Crippen LogP contribution in [0, 0.1) is 5.41 Å². The molecule has 0 aliphatic carbocycles. The molecular weight excluding hydrogens is 416 g/mol. The number of ether oxygens (including phenoxy) is 1. The summed E-state index contributed by atoms with van der Waals surface area (Å²) in [5.41, 5.74) is 4.73. The average molecular weight is 451 g/mol. The van der Waals surface area contributed by atoms with E-state index in [1.165, 1.54) is 0 Å². The fourth-order valence-corrected chi connectivity index (χ4v) is 4.27. The first-order valence-corrected chi connectivity index (χ1v) is 11.5. The van der Waals surface area contributed by atoms with Gasteiger partial charge in [-0.15, -0.1) is 0 Å². The van der Waals surface area contributed by atoms with E-state index >= 15 is 0 Å². The summed E-state index contributed by atoms with van der Waals surface area (Å²) in [4.78, 5) is 18.5. The number of oxazole rings is 1. The zero-order valence-electron chi connectivity index (χ0n) is 20.4. The molecule has 6 nitrogen and oxygen atoms in total. The third-order valence-electron chi connectivity index (χ3n) is 5.87. The Bertz CT molecular complexity index is 1170. The molecule has 0 saturated heterocycles. The Morgan fingerprint density at radius 2 is 1.88 bits per heavy atom. The Morgan fingerprint density at radius 3 is 2.55 bits per heavy atom. The number of carbonyl (C=O) groups is 1. The van der Waals surface area contributed by atoms with Gasteiger partial charge in [0.15, 0.2) is 5.58 Å². The molecule has 1 N–H and O–H groups in total. The van der Waals surface area contributed by atoms with Gasteiger partial charge in [-0.3, -0.25) is 9.69 Å². The highest BCUT2D eigenvalue weighted by atomic mass is 16.5. The average Bonchev–Trinajstić information content (AvgIpc) is 3.14. The minimum Gasteiger partial charge on any atom is -0.489 e. The van der Waals surface area contributed by atoms with Gasteiger partial charge >= 0.3 is 5.97 Å². The first kappa shape index (κ1) is 23.3. The normalized spacial score (nSPS) is 17.2. The monoisotopic (exact) mass is 450 g/mol. The molecule has 0 radical (unpaired) electrons. The van der Waals surface area contributed by atoms with Crippen molar-refractivity contribution in [3.63, 3.8) is 0 Å². The molecule has 33 heavy (non-hydrogen) atoms. The molecular formula is C27H34N2O4. The largest absolute Gasteiger partial charge is 0.489 e. The van der Waals surface area contributed by atoms with Crippen LogP contribution in [0.3, 0.4) is 0 Å². The number of aromatic nitrogens is 1. The van der Waals surface area contributed by atoms with Gasteiger partial charge in [0.05, 0.1) is 0 Å². The maximum Gasteiger partial charge on any atom is 0.321 e. The number of carboxylic acids is 1. The molecule has 3 aromatic rings. The van der Waals surface area contributed by atoms with Gasteiger partial charge in [-0.2, -0.15) is 0 Å². The molecule has 1 aliphatic heterocycles. The van der Waals surface area contributed by atoms with E-state index < -0.39 is 12.0 Å².